The molecule has 0 radical (unpaired) electrons. The lowest BCUT2D eigenvalue weighted by molar-refractivity contribution is 0.0184. The third-order valence-corrected chi connectivity index (χ3v) is 6.85. The van der Waals surface area contributed by atoms with Gasteiger partial charge in [0, 0.05) is 20.2 Å². The first-order valence-electron chi connectivity index (χ1n) is 6.46. The predicted molar refractivity (Wildman–Crippen MR) is 76.8 cm³/mol. The molecule has 1 saturated heterocycles. The van der Waals surface area contributed by atoms with Crippen molar-refractivity contribution in [2.45, 2.75) is 23.7 Å². The molecule has 0 spiro atoms. The van der Waals surface area contributed by atoms with Crippen LogP contribution in [0.3, 0.4) is 0 Å². The summed E-state index contributed by atoms with van der Waals surface area (Å²) in [6.07, 6.45) is 0.562. The highest BCUT2D eigenvalue weighted by molar-refractivity contribution is 7.91. The largest absolute Gasteiger partial charge is 0.464 e. The number of piperidine rings is 1. The normalized spacial score (nSPS) is 24.0. The Hall–Kier alpha value is -1.03. The van der Waals surface area contributed by atoms with Gasteiger partial charge in [-0.15, -0.1) is 11.3 Å². The maximum atomic E-state index is 12.7. The van der Waals surface area contributed by atoms with Crippen molar-refractivity contribution >= 4 is 27.3 Å². The molecule has 2 rings (SSSR count). The Morgan fingerprint density at radius 1 is 1.48 bits per heavy atom. The Bertz CT molecular complexity index is 613. The summed E-state index contributed by atoms with van der Waals surface area (Å²) >= 11 is 0.921. The lowest BCUT2D eigenvalue weighted by Gasteiger charge is -2.35. The lowest BCUT2D eigenvalue weighted by atomic mass is 9.97. The Morgan fingerprint density at radius 3 is 2.81 bits per heavy atom. The molecule has 0 amide bonds. The summed E-state index contributed by atoms with van der Waals surface area (Å²) in [5, 5.41) is 0. The Morgan fingerprint density at radius 2 is 2.19 bits per heavy atom. The number of hydrogen-bond acceptors (Lipinski definition) is 7. The number of nitrogens with zero attached hydrogens (tertiary/aromatic N) is 2. The van der Waals surface area contributed by atoms with Gasteiger partial charge in [0.2, 0.25) is 0 Å². The van der Waals surface area contributed by atoms with Crippen LogP contribution in [0.5, 0.6) is 0 Å². The fourth-order valence-corrected chi connectivity index (χ4v) is 5.04. The Balaban J connectivity index is 2.31. The molecule has 0 bridgehead atoms. The van der Waals surface area contributed by atoms with Crippen LogP contribution in [0.4, 0.5) is 0 Å². The molecule has 1 aromatic rings. The van der Waals surface area contributed by atoms with E-state index >= 15 is 0 Å². The van der Waals surface area contributed by atoms with Gasteiger partial charge in [0.05, 0.1) is 18.7 Å². The molecule has 2 atom stereocenters. The average Bonchev–Trinajstić information content (AvgIpc) is 2.97. The van der Waals surface area contributed by atoms with E-state index in [1.807, 2.05) is 6.92 Å². The van der Waals surface area contributed by atoms with Crippen LogP contribution >= 0.6 is 11.3 Å². The minimum absolute atomic E-state index is 0.0706. The second-order valence-corrected chi connectivity index (χ2v) is 7.87. The Kier molecular flexibility index (Phi) is 4.97. The minimum Gasteiger partial charge on any atom is -0.464 e. The zero-order valence-corrected chi connectivity index (χ0v) is 13.7. The van der Waals surface area contributed by atoms with Gasteiger partial charge in [-0.3, -0.25) is 0 Å². The van der Waals surface area contributed by atoms with Gasteiger partial charge < -0.3 is 9.47 Å². The van der Waals surface area contributed by atoms with E-state index in [-0.39, 0.29) is 22.6 Å². The molecule has 0 aromatic carbocycles. The van der Waals surface area contributed by atoms with Crippen molar-refractivity contribution in [2.75, 3.05) is 27.3 Å². The van der Waals surface area contributed by atoms with Crippen LogP contribution in [0.1, 0.15) is 23.8 Å². The molecule has 0 aliphatic carbocycles. The van der Waals surface area contributed by atoms with Gasteiger partial charge in [-0.05, 0) is 12.3 Å². The zero-order chi connectivity index (χ0) is 15.6. The van der Waals surface area contributed by atoms with E-state index in [0.29, 0.717) is 18.9 Å². The number of rotatable bonds is 4. The van der Waals surface area contributed by atoms with Gasteiger partial charge in [0.15, 0.2) is 9.90 Å². The number of aromatic nitrogens is 1. The summed E-state index contributed by atoms with van der Waals surface area (Å²) in [6.45, 7) is 2.71. The number of carbonyl (C=O) groups excluding carboxylic acids is 1. The van der Waals surface area contributed by atoms with Crippen molar-refractivity contribution in [3.8, 4) is 0 Å². The van der Waals surface area contributed by atoms with Crippen LogP contribution in [0, 0.1) is 5.92 Å². The van der Waals surface area contributed by atoms with Crippen LogP contribution < -0.4 is 0 Å². The van der Waals surface area contributed by atoms with Crippen molar-refractivity contribution in [1.29, 1.82) is 0 Å². The van der Waals surface area contributed by atoms with Crippen LogP contribution in [-0.2, 0) is 19.5 Å². The first-order chi connectivity index (χ1) is 9.91. The van der Waals surface area contributed by atoms with Gasteiger partial charge in [-0.2, -0.15) is 4.31 Å². The predicted octanol–water partition coefficient (Wildman–Crippen LogP) is 0.975. The molecule has 1 aliphatic rings. The summed E-state index contributed by atoms with van der Waals surface area (Å²) < 4.78 is 36.6. The molecule has 1 fully saturated rings. The van der Waals surface area contributed by atoms with Crippen molar-refractivity contribution in [3.05, 3.63) is 11.2 Å². The monoisotopic (exact) mass is 334 g/mol. The van der Waals surface area contributed by atoms with E-state index in [4.69, 9.17) is 4.74 Å². The van der Waals surface area contributed by atoms with Gasteiger partial charge >= 0.3 is 5.97 Å². The maximum absolute atomic E-state index is 12.7. The molecule has 2 unspecified atom stereocenters. The zero-order valence-electron chi connectivity index (χ0n) is 12.1. The molecule has 21 heavy (non-hydrogen) atoms. The van der Waals surface area contributed by atoms with E-state index < -0.39 is 16.0 Å². The summed E-state index contributed by atoms with van der Waals surface area (Å²) in [7, 11) is -0.993. The highest BCUT2D eigenvalue weighted by Crippen LogP contribution is 2.29. The van der Waals surface area contributed by atoms with E-state index in [1.165, 1.54) is 16.9 Å². The molecular weight excluding hydrogens is 316 g/mol. The van der Waals surface area contributed by atoms with E-state index in [1.54, 1.807) is 7.11 Å². The average molecular weight is 334 g/mol. The van der Waals surface area contributed by atoms with Crippen molar-refractivity contribution in [3.63, 3.8) is 0 Å². The summed E-state index contributed by atoms with van der Waals surface area (Å²) in [5.74, 6) is -0.452. The molecule has 0 saturated carbocycles. The maximum Gasteiger partial charge on any atom is 0.358 e. The molecule has 0 N–H and O–H groups in total. The van der Waals surface area contributed by atoms with Crippen LogP contribution in [0.25, 0.3) is 0 Å². The summed E-state index contributed by atoms with van der Waals surface area (Å²) in [4.78, 5) is 15.4. The number of methoxy groups -OCH3 is 2. The quantitative estimate of drug-likeness (QED) is 0.763. The number of hydrogen-bond donors (Lipinski definition) is 0. The first-order valence-corrected chi connectivity index (χ1v) is 8.78. The first kappa shape index (κ1) is 16.3. The molecule has 2 heterocycles. The molecule has 1 aromatic heterocycles. The SMILES string of the molecule is COC(=O)c1ncsc1S(=O)(=O)N1CCC(C)C(OC)C1. The number of ether oxygens (including phenoxy) is 2. The van der Waals surface area contributed by atoms with Crippen molar-refractivity contribution in [2.24, 2.45) is 5.92 Å². The number of carbonyl (C=O) groups is 1. The van der Waals surface area contributed by atoms with E-state index in [2.05, 4.69) is 9.72 Å². The minimum atomic E-state index is -3.76. The summed E-state index contributed by atoms with van der Waals surface area (Å²) in [6, 6.07) is 0. The standard InChI is InChI=1S/C12H18N2O5S2/c1-8-4-5-14(6-9(8)18-2)21(16,17)12-10(11(15)19-3)13-7-20-12/h7-9H,4-6H2,1-3H3. The highest BCUT2D eigenvalue weighted by Gasteiger charge is 2.37. The second kappa shape index (κ2) is 6.39. The Labute approximate surface area is 127 Å². The molecule has 1 aliphatic heterocycles. The fourth-order valence-electron chi connectivity index (χ4n) is 2.30. The third-order valence-electron chi connectivity index (χ3n) is 3.64. The smallest absolute Gasteiger partial charge is 0.358 e. The van der Waals surface area contributed by atoms with E-state index in [9.17, 15) is 13.2 Å². The highest BCUT2D eigenvalue weighted by atomic mass is 32.2. The van der Waals surface area contributed by atoms with Gasteiger partial charge in [0.1, 0.15) is 0 Å². The number of thiazole rings is 1. The third kappa shape index (κ3) is 3.10. The van der Waals surface area contributed by atoms with Crippen LogP contribution in [0.2, 0.25) is 0 Å². The van der Waals surface area contributed by atoms with Gasteiger partial charge in [-0.1, -0.05) is 6.92 Å². The number of sulfonamides is 1. The fraction of sp³-hybridized carbons (Fsp3) is 0.667. The van der Waals surface area contributed by atoms with Gasteiger partial charge in [-0.25, -0.2) is 18.2 Å². The molecular formula is C12H18N2O5S2. The van der Waals surface area contributed by atoms with Crippen LogP contribution in [-0.4, -0.2) is 57.1 Å². The van der Waals surface area contributed by atoms with Gasteiger partial charge in [0.25, 0.3) is 10.0 Å². The topological polar surface area (TPSA) is 85.8 Å². The van der Waals surface area contributed by atoms with Crippen molar-refractivity contribution in [1.82, 2.24) is 9.29 Å². The van der Waals surface area contributed by atoms with Crippen LogP contribution in [0.15, 0.2) is 9.72 Å². The molecule has 7 nitrogen and oxygen atoms in total. The molecule has 9 heteroatoms. The molecule has 118 valence electrons. The second-order valence-electron chi connectivity index (χ2n) is 4.88. The lowest BCUT2D eigenvalue weighted by Crippen LogP contribution is -2.46. The number of esters is 1. The van der Waals surface area contributed by atoms with Crippen molar-refractivity contribution < 1.29 is 22.7 Å². The van der Waals surface area contributed by atoms with E-state index in [0.717, 1.165) is 11.3 Å². The summed E-state index contributed by atoms with van der Waals surface area (Å²) in [5.41, 5.74) is 1.18.